The topological polar surface area (TPSA) is 29.9 Å². The summed E-state index contributed by atoms with van der Waals surface area (Å²) in [6.07, 6.45) is 6.79. The van der Waals surface area contributed by atoms with E-state index in [2.05, 4.69) is 58.5 Å². The van der Waals surface area contributed by atoms with Crippen LogP contribution in [0.4, 0.5) is 0 Å². The number of benzene rings is 1. The van der Waals surface area contributed by atoms with Crippen LogP contribution in [0.2, 0.25) is 0 Å². The smallest absolute Gasteiger partial charge is 0.0524 e. The third kappa shape index (κ3) is 3.35. The molecule has 0 radical (unpaired) electrons. The molecule has 0 saturated carbocycles. The molecule has 3 heteroatoms. The number of rotatable bonds is 5. The number of aromatic nitrogens is 2. The molecular weight excluding hydrogens is 258 g/mol. The first-order chi connectivity index (χ1) is 10.4. The Labute approximate surface area is 127 Å². The van der Waals surface area contributed by atoms with Gasteiger partial charge in [-0.1, -0.05) is 30.3 Å². The van der Waals surface area contributed by atoms with Crippen molar-refractivity contribution in [2.24, 2.45) is 0 Å². The molecule has 1 aliphatic heterocycles. The van der Waals surface area contributed by atoms with E-state index in [-0.39, 0.29) is 0 Å². The number of nitrogens with zero attached hydrogens (tertiary/aromatic N) is 2. The van der Waals surface area contributed by atoms with Gasteiger partial charge in [0, 0.05) is 18.2 Å². The first kappa shape index (κ1) is 14.3. The van der Waals surface area contributed by atoms with Crippen LogP contribution in [0.25, 0.3) is 0 Å². The molecule has 0 amide bonds. The predicted octanol–water partition coefficient (Wildman–Crippen LogP) is 3.16. The van der Waals surface area contributed by atoms with Gasteiger partial charge in [-0.05, 0) is 56.8 Å². The number of aryl methyl sites for hydroxylation is 3. The van der Waals surface area contributed by atoms with Gasteiger partial charge in [-0.15, -0.1) is 0 Å². The molecule has 1 saturated heterocycles. The van der Waals surface area contributed by atoms with Crippen molar-refractivity contribution in [1.82, 2.24) is 15.1 Å². The van der Waals surface area contributed by atoms with E-state index in [1.807, 2.05) is 0 Å². The third-order valence-corrected chi connectivity index (χ3v) is 4.51. The van der Waals surface area contributed by atoms with Crippen molar-refractivity contribution in [1.29, 1.82) is 0 Å². The fourth-order valence-corrected chi connectivity index (χ4v) is 3.37. The van der Waals surface area contributed by atoms with Crippen molar-refractivity contribution in [2.75, 3.05) is 13.1 Å². The molecule has 1 aromatic heterocycles. The van der Waals surface area contributed by atoms with Gasteiger partial charge in [0.2, 0.25) is 0 Å². The summed E-state index contributed by atoms with van der Waals surface area (Å²) in [7, 11) is 0. The summed E-state index contributed by atoms with van der Waals surface area (Å²) in [6, 6.07) is 10.8. The van der Waals surface area contributed by atoms with Crippen molar-refractivity contribution >= 4 is 0 Å². The van der Waals surface area contributed by atoms with E-state index >= 15 is 0 Å². The molecule has 3 nitrogen and oxygen atoms in total. The van der Waals surface area contributed by atoms with Gasteiger partial charge in [0.15, 0.2) is 0 Å². The van der Waals surface area contributed by atoms with E-state index in [1.165, 1.54) is 29.7 Å². The molecule has 3 rings (SSSR count). The summed E-state index contributed by atoms with van der Waals surface area (Å²) in [5, 5.41) is 8.08. The van der Waals surface area contributed by atoms with Crippen LogP contribution in [0.5, 0.6) is 0 Å². The lowest BCUT2D eigenvalue weighted by atomic mass is 9.90. The molecule has 1 fully saturated rings. The molecule has 2 aromatic rings. The fourth-order valence-electron chi connectivity index (χ4n) is 3.37. The van der Waals surface area contributed by atoms with Crippen LogP contribution in [-0.2, 0) is 19.4 Å². The fraction of sp³-hybridized carbons (Fsp3) is 0.500. The maximum Gasteiger partial charge on any atom is 0.0524 e. The van der Waals surface area contributed by atoms with Crippen LogP contribution < -0.4 is 5.32 Å². The summed E-state index contributed by atoms with van der Waals surface area (Å²) in [4.78, 5) is 0. The average Bonchev–Trinajstić information content (AvgIpc) is 2.97. The van der Waals surface area contributed by atoms with Crippen molar-refractivity contribution in [3.8, 4) is 0 Å². The van der Waals surface area contributed by atoms with Gasteiger partial charge >= 0.3 is 0 Å². The zero-order valence-corrected chi connectivity index (χ0v) is 12.9. The van der Waals surface area contributed by atoms with Gasteiger partial charge in [-0.25, -0.2) is 0 Å². The minimum atomic E-state index is 0.680. The molecule has 1 aliphatic rings. The maximum absolute atomic E-state index is 4.62. The molecule has 21 heavy (non-hydrogen) atoms. The van der Waals surface area contributed by atoms with E-state index in [4.69, 9.17) is 0 Å². The molecule has 0 unspecified atom stereocenters. The second kappa shape index (κ2) is 6.90. The summed E-state index contributed by atoms with van der Waals surface area (Å²) in [6.45, 7) is 5.44. The van der Waals surface area contributed by atoms with Gasteiger partial charge in [-0.3, -0.25) is 4.68 Å². The number of hydrogen-bond donors (Lipinski definition) is 1. The summed E-state index contributed by atoms with van der Waals surface area (Å²) in [5.41, 5.74) is 4.36. The Kier molecular flexibility index (Phi) is 4.71. The Morgan fingerprint density at radius 3 is 2.62 bits per heavy atom. The van der Waals surface area contributed by atoms with E-state index in [0.29, 0.717) is 5.92 Å². The molecular formula is C18H25N3. The number of nitrogens with one attached hydrogen (secondary N) is 1. The Bertz CT molecular complexity index is 553. The Balaban J connectivity index is 1.76. The molecule has 0 spiro atoms. The molecule has 0 aliphatic carbocycles. The molecule has 0 bridgehead atoms. The summed E-state index contributed by atoms with van der Waals surface area (Å²) in [5.74, 6) is 0.680. The van der Waals surface area contributed by atoms with Crippen molar-refractivity contribution in [2.45, 2.75) is 45.1 Å². The Morgan fingerprint density at radius 2 is 1.90 bits per heavy atom. The van der Waals surface area contributed by atoms with Gasteiger partial charge < -0.3 is 5.32 Å². The number of piperidine rings is 1. The molecule has 1 aromatic carbocycles. The third-order valence-electron chi connectivity index (χ3n) is 4.51. The van der Waals surface area contributed by atoms with Crippen LogP contribution in [-0.4, -0.2) is 22.9 Å². The predicted molar refractivity (Wildman–Crippen MR) is 86.6 cm³/mol. The normalized spacial score (nSPS) is 16.2. The van der Waals surface area contributed by atoms with Crippen LogP contribution in [0.3, 0.4) is 0 Å². The lowest BCUT2D eigenvalue weighted by molar-refractivity contribution is 0.430. The zero-order valence-electron chi connectivity index (χ0n) is 12.9. The lowest BCUT2D eigenvalue weighted by Gasteiger charge is -2.24. The van der Waals surface area contributed by atoms with Gasteiger partial charge in [0.25, 0.3) is 0 Å². The zero-order chi connectivity index (χ0) is 14.5. The van der Waals surface area contributed by atoms with E-state index in [0.717, 1.165) is 32.5 Å². The first-order valence-corrected chi connectivity index (χ1v) is 8.17. The van der Waals surface area contributed by atoms with Gasteiger partial charge in [-0.2, -0.15) is 5.10 Å². The monoisotopic (exact) mass is 283 g/mol. The highest BCUT2D eigenvalue weighted by atomic mass is 15.3. The molecule has 1 N–H and O–H groups in total. The summed E-state index contributed by atoms with van der Waals surface area (Å²) >= 11 is 0. The van der Waals surface area contributed by atoms with Crippen LogP contribution in [0, 0.1) is 0 Å². The highest BCUT2D eigenvalue weighted by Crippen LogP contribution is 2.29. The Hall–Kier alpha value is -1.61. The van der Waals surface area contributed by atoms with Crippen molar-refractivity contribution in [3.05, 3.63) is 53.3 Å². The molecule has 2 heterocycles. The minimum absolute atomic E-state index is 0.680. The quantitative estimate of drug-likeness (QED) is 0.913. The Morgan fingerprint density at radius 1 is 1.14 bits per heavy atom. The van der Waals surface area contributed by atoms with Gasteiger partial charge in [0.05, 0.1) is 6.20 Å². The largest absolute Gasteiger partial charge is 0.317 e. The highest BCUT2D eigenvalue weighted by molar-refractivity contribution is 5.25. The van der Waals surface area contributed by atoms with Gasteiger partial charge in [0.1, 0.15) is 0 Å². The van der Waals surface area contributed by atoms with Crippen molar-refractivity contribution in [3.63, 3.8) is 0 Å². The average molecular weight is 283 g/mol. The highest BCUT2D eigenvalue weighted by Gasteiger charge is 2.22. The lowest BCUT2D eigenvalue weighted by Crippen LogP contribution is -2.28. The first-order valence-electron chi connectivity index (χ1n) is 8.17. The second-order valence-corrected chi connectivity index (χ2v) is 5.88. The van der Waals surface area contributed by atoms with Crippen LogP contribution in [0.1, 0.15) is 42.5 Å². The van der Waals surface area contributed by atoms with E-state index in [9.17, 15) is 0 Å². The number of hydrogen-bond acceptors (Lipinski definition) is 2. The van der Waals surface area contributed by atoms with E-state index < -0.39 is 0 Å². The minimum Gasteiger partial charge on any atom is -0.317 e. The standard InChI is InChI=1S/C18H25N3/c1-2-21-18(16-10-12-19-13-11-16)17(14-20-21)9-8-15-6-4-3-5-7-15/h3-7,14,16,19H,2,8-13H2,1H3. The molecule has 0 atom stereocenters. The maximum atomic E-state index is 4.62. The second-order valence-electron chi connectivity index (χ2n) is 5.88. The van der Waals surface area contributed by atoms with Crippen LogP contribution in [0.15, 0.2) is 36.5 Å². The molecule has 112 valence electrons. The SMILES string of the molecule is CCn1ncc(CCc2ccccc2)c1C1CCNCC1. The van der Waals surface area contributed by atoms with Crippen molar-refractivity contribution < 1.29 is 0 Å². The summed E-state index contributed by atoms with van der Waals surface area (Å²) < 4.78 is 2.22. The van der Waals surface area contributed by atoms with E-state index in [1.54, 1.807) is 0 Å². The van der Waals surface area contributed by atoms with Crippen LogP contribution >= 0.6 is 0 Å².